The highest BCUT2D eigenvalue weighted by Gasteiger charge is 2.43. The molecule has 0 aromatic carbocycles. The summed E-state index contributed by atoms with van der Waals surface area (Å²) in [5.41, 5.74) is 0. The highest BCUT2D eigenvalue weighted by molar-refractivity contribution is 8.04. The SMILES string of the molecule is CCCCCCCCC(C)OC(CO)C(S(=O)(=O)O)S(=O)(=O)O. The van der Waals surface area contributed by atoms with Crippen LogP contribution >= 0.6 is 0 Å². The van der Waals surface area contributed by atoms with E-state index in [1.165, 1.54) is 6.42 Å². The van der Waals surface area contributed by atoms with Gasteiger partial charge in [0.2, 0.25) is 4.58 Å². The fourth-order valence-corrected chi connectivity index (χ4v) is 4.61. The van der Waals surface area contributed by atoms with Crippen molar-refractivity contribution in [3.05, 3.63) is 0 Å². The lowest BCUT2D eigenvalue weighted by atomic mass is 10.1. The molecule has 2 atom stereocenters. The zero-order valence-electron chi connectivity index (χ0n) is 13.6. The highest BCUT2D eigenvalue weighted by atomic mass is 32.3. The summed E-state index contributed by atoms with van der Waals surface area (Å²) >= 11 is 0. The third kappa shape index (κ3) is 9.58. The fourth-order valence-electron chi connectivity index (χ4n) is 2.31. The van der Waals surface area contributed by atoms with Crippen molar-refractivity contribution in [2.45, 2.75) is 75.6 Å². The minimum absolute atomic E-state index is 0.524. The van der Waals surface area contributed by atoms with Crippen LogP contribution in [0.25, 0.3) is 0 Å². The number of hydrogen-bond acceptors (Lipinski definition) is 6. The van der Waals surface area contributed by atoms with E-state index in [1.807, 2.05) is 0 Å². The number of ether oxygens (including phenoxy) is 1. The summed E-state index contributed by atoms with van der Waals surface area (Å²) in [5, 5.41) is 9.16. The molecular formula is C13H28O8S2. The van der Waals surface area contributed by atoms with Crippen LogP contribution < -0.4 is 0 Å². The number of aliphatic hydroxyl groups is 1. The van der Waals surface area contributed by atoms with Crippen LogP contribution in [-0.2, 0) is 25.0 Å². The lowest BCUT2D eigenvalue weighted by Crippen LogP contribution is -2.45. The molecule has 0 spiro atoms. The number of rotatable bonds is 13. The number of aliphatic hydroxyl groups excluding tert-OH is 1. The first-order valence-corrected chi connectivity index (χ1v) is 10.7. The van der Waals surface area contributed by atoms with E-state index < -0.39 is 43.6 Å². The van der Waals surface area contributed by atoms with Crippen LogP contribution in [0.1, 0.15) is 58.8 Å². The molecule has 2 unspecified atom stereocenters. The van der Waals surface area contributed by atoms with Crippen molar-refractivity contribution in [3.63, 3.8) is 0 Å². The maximum Gasteiger partial charge on any atom is 0.287 e. The molecule has 0 aromatic rings. The average molecular weight is 376 g/mol. The Hall–Kier alpha value is -0.260. The van der Waals surface area contributed by atoms with Crippen LogP contribution in [0.3, 0.4) is 0 Å². The second-order valence-electron chi connectivity index (χ2n) is 5.62. The van der Waals surface area contributed by atoms with Crippen molar-refractivity contribution in [2.24, 2.45) is 0 Å². The Morgan fingerprint density at radius 3 is 1.83 bits per heavy atom. The Morgan fingerprint density at radius 2 is 1.39 bits per heavy atom. The molecule has 0 amide bonds. The fraction of sp³-hybridized carbons (Fsp3) is 1.00. The third-order valence-electron chi connectivity index (χ3n) is 3.44. The minimum Gasteiger partial charge on any atom is -0.394 e. The zero-order chi connectivity index (χ0) is 18.1. The van der Waals surface area contributed by atoms with Gasteiger partial charge < -0.3 is 9.84 Å². The second kappa shape index (κ2) is 10.6. The van der Waals surface area contributed by atoms with Gasteiger partial charge in [-0.25, -0.2) is 0 Å². The number of unbranched alkanes of at least 4 members (excludes halogenated alkanes) is 5. The molecular weight excluding hydrogens is 348 g/mol. The van der Waals surface area contributed by atoms with Crippen LogP contribution in [0.4, 0.5) is 0 Å². The molecule has 0 saturated carbocycles. The molecule has 10 heteroatoms. The van der Waals surface area contributed by atoms with Gasteiger partial charge in [0.25, 0.3) is 20.2 Å². The molecule has 23 heavy (non-hydrogen) atoms. The van der Waals surface area contributed by atoms with Gasteiger partial charge in [-0.05, 0) is 13.3 Å². The quantitative estimate of drug-likeness (QED) is 0.325. The summed E-state index contributed by atoms with van der Waals surface area (Å²) in [5.74, 6) is 0. The maximum absolute atomic E-state index is 11.1. The molecule has 0 bridgehead atoms. The third-order valence-corrected chi connectivity index (χ3v) is 6.68. The van der Waals surface area contributed by atoms with E-state index in [0.29, 0.717) is 6.42 Å². The highest BCUT2D eigenvalue weighted by Crippen LogP contribution is 2.18. The Bertz CT molecular complexity index is 482. The Balaban J connectivity index is 4.56. The van der Waals surface area contributed by atoms with Crippen molar-refractivity contribution in [3.8, 4) is 0 Å². The van der Waals surface area contributed by atoms with Crippen LogP contribution in [-0.4, -0.2) is 54.4 Å². The van der Waals surface area contributed by atoms with Crippen LogP contribution in [0, 0.1) is 0 Å². The molecule has 0 saturated heterocycles. The van der Waals surface area contributed by atoms with Gasteiger partial charge in [0.05, 0.1) is 12.7 Å². The second-order valence-corrected chi connectivity index (χ2v) is 9.00. The van der Waals surface area contributed by atoms with E-state index in [1.54, 1.807) is 6.92 Å². The van der Waals surface area contributed by atoms with Gasteiger partial charge in [-0.2, -0.15) is 16.8 Å². The molecule has 3 N–H and O–H groups in total. The molecule has 0 fully saturated rings. The van der Waals surface area contributed by atoms with E-state index in [-0.39, 0.29) is 0 Å². The van der Waals surface area contributed by atoms with Gasteiger partial charge in [0, 0.05) is 0 Å². The zero-order valence-corrected chi connectivity index (χ0v) is 15.2. The average Bonchev–Trinajstić information content (AvgIpc) is 2.38. The minimum atomic E-state index is -5.14. The van der Waals surface area contributed by atoms with E-state index >= 15 is 0 Å². The number of hydrogen-bond donors (Lipinski definition) is 3. The largest absolute Gasteiger partial charge is 0.394 e. The summed E-state index contributed by atoms with van der Waals surface area (Å²) in [6, 6.07) is 0. The molecule has 0 radical (unpaired) electrons. The van der Waals surface area contributed by atoms with Gasteiger partial charge in [-0.15, -0.1) is 0 Å². The van der Waals surface area contributed by atoms with E-state index in [2.05, 4.69) is 6.92 Å². The maximum atomic E-state index is 11.1. The molecule has 0 aliphatic carbocycles. The van der Waals surface area contributed by atoms with Gasteiger partial charge in [0.1, 0.15) is 6.10 Å². The summed E-state index contributed by atoms with van der Waals surface area (Å²) in [6.07, 6.45) is 4.57. The predicted molar refractivity (Wildman–Crippen MR) is 86.3 cm³/mol. The van der Waals surface area contributed by atoms with Crippen LogP contribution in [0.15, 0.2) is 0 Å². The summed E-state index contributed by atoms with van der Waals surface area (Å²) in [6.45, 7) is 2.76. The van der Waals surface area contributed by atoms with Crippen molar-refractivity contribution in [1.82, 2.24) is 0 Å². The van der Waals surface area contributed by atoms with Gasteiger partial charge in [0.15, 0.2) is 0 Å². The topological polar surface area (TPSA) is 138 Å². The normalized spacial score (nSPS) is 15.7. The molecule has 8 nitrogen and oxygen atoms in total. The molecule has 0 aromatic heterocycles. The first kappa shape index (κ1) is 22.7. The van der Waals surface area contributed by atoms with Gasteiger partial charge in [-0.1, -0.05) is 45.4 Å². The van der Waals surface area contributed by atoms with E-state index in [0.717, 1.165) is 32.1 Å². The van der Waals surface area contributed by atoms with Crippen molar-refractivity contribution in [1.29, 1.82) is 0 Å². The predicted octanol–water partition coefficient (Wildman–Crippen LogP) is 1.60. The molecule has 0 aliphatic rings. The van der Waals surface area contributed by atoms with Crippen LogP contribution in [0.2, 0.25) is 0 Å². The Kier molecular flexibility index (Phi) is 10.5. The standard InChI is InChI=1S/C13H28O8S2/c1-3-4-5-6-7-8-9-11(2)21-12(10-14)13(22(15,16)17)23(18,19)20/h11-14H,3-10H2,1-2H3,(H,15,16,17)(H,18,19,20). The molecule has 0 heterocycles. The summed E-state index contributed by atoms with van der Waals surface area (Å²) in [4.78, 5) is 0. The van der Waals surface area contributed by atoms with Crippen molar-refractivity contribution >= 4 is 20.2 Å². The first-order chi connectivity index (χ1) is 10.5. The van der Waals surface area contributed by atoms with Crippen molar-refractivity contribution < 1.29 is 35.8 Å². The molecule has 140 valence electrons. The van der Waals surface area contributed by atoms with E-state index in [4.69, 9.17) is 18.9 Å². The molecule has 0 aliphatic heterocycles. The van der Waals surface area contributed by atoms with Crippen LogP contribution in [0.5, 0.6) is 0 Å². The van der Waals surface area contributed by atoms with Gasteiger partial charge in [-0.3, -0.25) is 9.11 Å². The first-order valence-electron chi connectivity index (χ1n) is 7.73. The van der Waals surface area contributed by atoms with Gasteiger partial charge >= 0.3 is 0 Å². The van der Waals surface area contributed by atoms with E-state index in [9.17, 15) is 16.8 Å². The van der Waals surface area contributed by atoms with Crippen molar-refractivity contribution in [2.75, 3.05) is 6.61 Å². The summed E-state index contributed by atoms with van der Waals surface area (Å²) in [7, 11) is -10.3. The Labute approximate surface area is 138 Å². The smallest absolute Gasteiger partial charge is 0.287 e. The lowest BCUT2D eigenvalue weighted by molar-refractivity contribution is -0.0291. The molecule has 0 rings (SSSR count). The monoisotopic (exact) mass is 376 g/mol. The Morgan fingerprint density at radius 1 is 0.913 bits per heavy atom. The lowest BCUT2D eigenvalue weighted by Gasteiger charge is -2.24. The summed E-state index contributed by atoms with van der Waals surface area (Å²) < 4.78 is 65.1.